The molecule has 0 aliphatic heterocycles. The standard InChI is InChI=1S/C20H19N/c21-20(19-9-5-2-6-10-19)15-16-11-13-18(14-12-16)17-7-3-1-4-8-17/h1-14,20H,15,21H2/t20-/m1/s1. The van der Waals surface area contributed by atoms with Gasteiger partial charge >= 0.3 is 0 Å². The molecule has 1 heteroatoms. The van der Waals surface area contributed by atoms with Crippen LogP contribution in [-0.2, 0) is 6.42 Å². The summed E-state index contributed by atoms with van der Waals surface area (Å²) in [5.74, 6) is 0. The van der Waals surface area contributed by atoms with Gasteiger partial charge in [0.2, 0.25) is 0 Å². The van der Waals surface area contributed by atoms with E-state index in [2.05, 4.69) is 60.7 Å². The van der Waals surface area contributed by atoms with E-state index >= 15 is 0 Å². The minimum absolute atomic E-state index is 0.0498. The SMILES string of the molecule is N[C@H](Cc1ccc(-c2ccccc2)cc1)c1ccccc1. The number of nitrogens with two attached hydrogens (primary N) is 1. The molecule has 3 aromatic rings. The molecule has 1 atom stereocenters. The van der Waals surface area contributed by atoms with Crippen molar-refractivity contribution in [2.45, 2.75) is 12.5 Å². The molecule has 0 unspecified atom stereocenters. The molecule has 0 bridgehead atoms. The van der Waals surface area contributed by atoms with Gasteiger partial charge in [0.15, 0.2) is 0 Å². The van der Waals surface area contributed by atoms with E-state index in [0.717, 1.165) is 6.42 Å². The normalized spacial score (nSPS) is 12.0. The Morgan fingerprint density at radius 1 is 0.619 bits per heavy atom. The summed E-state index contributed by atoms with van der Waals surface area (Å²) in [6.45, 7) is 0. The molecule has 3 aromatic carbocycles. The zero-order valence-electron chi connectivity index (χ0n) is 11.9. The molecule has 0 aliphatic rings. The second kappa shape index (κ2) is 6.38. The summed E-state index contributed by atoms with van der Waals surface area (Å²) in [5, 5.41) is 0. The molecule has 1 nitrogen and oxygen atoms in total. The molecule has 0 aliphatic carbocycles. The summed E-state index contributed by atoms with van der Waals surface area (Å²) >= 11 is 0. The van der Waals surface area contributed by atoms with Crippen LogP contribution in [0.1, 0.15) is 17.2 Å². The van der Waals surface area contributed by atoms with Crippen LogP contribution in [0.15, 0.2) is 84.9 Å². The molecule has 0 aromatic heterocycles. The van der Waals surface area contributed by atoms with Crippen molar-refractivity contribution in [3.63, 3.8) is 0 Å². The maximum Gasteiger partial charge on any atom is 0.0335 e. The molecule has 0 spiro atoms. The largest absolute Gasteiger partial charge is 0.324 e. The summed E-state index contributed by atoms with van der Waals surface area (Å²) in [7, 11) is 0. The predicted molar refractivity (Wildman–Crippen MR) is 89.0 cm³/mol. The Hall–Kier alpha value is -2.38. The quantitative estimate of drug-likeness (QED) is 0.739. The lowest BCUT2D eigenvalue weighted by molar-refractivity contribution is 0.722. The second-order valence-corrected chi connectivity index (χ2v) is 5.28. The summed E-state index contributed by atoms with van der Waals surface area (Å²) in [5.41, 5.74) is 11.2. The van der Waals surface area contributed by atoms with E-state index in [4.69, 9.17) is 5.73 Å². The van der Waals surface area contributed by atoms with Crippen molar-refractivity contribution in [1.82, 2.24) is 0 Å². The number of hydrogen-bond donors (Lipinski definition) is 1. The zero-order valence-corrected chi connectivity index (χ0v) is 11.9. The van der Waals surface area contributed by atoms with Gasteiger partial charge in [0, 0.05) is 6.04 Å². The average molecular weight is 273 g/mol. The summed E-state index contributed by atoms with van der Waals surface area (Å²) in [6.07, 6.45) is 0.860. The van der Waals surface area contributed by atoms with Crippen molar-refractivity contribution >= 4 is 0 Å². The fourth-order valence-corrected chi connectivity index (χ4v) is 2.54. The van der Waals surface area contributed by atoms with Crippen molar-refractivity contribution < 1.29 is 0 Å². The third-order valence-corrected chi connectivity index (χ3v) is 3.74. The first-order valence-corrected chi connectivity index (χ1v) is 7.28. The van der Waals surface area contributed by atoms with Gasteiger partial charge in [-0.3, -0.25) is 0 Å². The molecule has 0 saturated carbocycles. The lowest BCUT2D eigenvalue weighted by Crippen LogP contribution is -2.13. The van der Waals surface area contributed by atoms with E-state index < -0.39 is 0 Å². The van der Waals surface area contributed by atoms with Gasteiger partial charge in [-0.1, -0.05) is 84.9 Å². The second-order valence-electron chi connectivity index (χ2n) is 5.28. The van der Waals surface area contributed by atoms with Crippen molar-refractivity contribution in [2.75, 3.05) is 0 Å². The van der Waals surface area contributed by atoms with Gasteiger partial charge in [0.1, 0.15) is 0 Å². The third kappa shape index (κ3) is 3.39. The van der Waals surface area contributed by atoms with Crippen LogP contribution < -0.4 is 5.73 Å². The van der Waals surface area contributed by atoms with Crippen LogP contribution >= 0.6 is 0 Å². The molecule has 21 heavy (non-hydrogen) atoms. The molecular formula is C20H19N. The van der Waals surface area contributed by atoms with E-state index in [1.807, 2.05) is 24.3 Å². The van der Waals surface area contributed by atoms with Gasteiger partial charge < -0.3 is 5.73 Å². The number of benzene rings is 3. The van der Waals surface area contributed by atoms with Crippen molar-refractivity contribution in [1.29, 1.82) is 0 Å². The Morgan fingerprint density at radius 3 is 1.76 bits per heavy atom. The molecule has 0 saturated heterocycles. The Bertz CT molecular complexity index is 672. The highest BCUT2D eigenvalue weighted by molar-refractivity contribution is 5.63. The Kier molecular flexibility index (Phi) is 4.13. The van der Waals surface area contributed by atoms with Crippen LogP contribution in [0.25, 0.3) is 11.1 Å². The van der Waals surface area contributed by atoms with Gasteiger partial charge in [-0.15, -0.1) is 0 Å². The van der Waals surface area contributed by atoms with E-state index in [-0.39, 0.29) is 6.04 Å². The maximum absolute atomic E-state index is 6.28. The van der Waals surface area contributed by atoms with E-state index in [1.54, 1.807) is 0 Å². The summed E-state index contributed by atoms with van der Waals surface area (Å²) < 4.78 is 0. The van der Waals surface area contributed by atoms with Crippen LogP contribution in [0.3, 0.4) is 0 Å². The number of rotatable bonds is 4. The van der Waals surface area contributed by atoms with Gasteiger partial charge in [-0.05, 0) is 28.7 Å². The van der Waals surface area contributed by atoms with Crippen molar-refractivity contribution in [2.24, 2.45) is 5.73 Å². The zero-order chi connectivity index (χ0) is 14.5. The molecule has 0 heterocycles. The summed E-state index contributed by atoms with van der Waals surface area (Å²) in [6, 6.07) is 29.4. The lowest BCUT2D eigenvalue weighted by Gasteiger charge is -2.12. The smallest absolute Gasteiger partial charge is 0.0335 e. The van der Waals surface area contributed by atoms with Gasteiger partial charge in [-0.25, -0.2) is 0 Å². The average Bonchev–Trinajstić information content (AvgIpc) is 2.57. The molecule has 0 radical (unpaired) electrons. The van der Waals surface area contributed by atoms with Crippen LogP contribution in [0.2, 0.25) is 0 Å². The van der Waals surface area contributed by atoms with Crippen LogP contribution in [-0.4, -0.2) is 0 Å². The minimum atomic E-state index is 0.0498. The van der Waals surface area contributed by atoms with Gasteiger partial charge in [0.25, 0.3) is 0 Å². The van der Waals surface area contributed by atoms with Gasteiger partial charge in [-0.2, -0.15) is 0 Å². The minimum Gasteiger partial charge on any atom is -0.324 e. The lowest BCUT2D eigenvalue weighted by atomic mass is 9.97. The maximum atomic E-state index is 6.28. The fourth-order valence-electron chi connectivity index (χ4n) is 2.54. The van der Waals surface area contributed by atoms with E-state index in [1.165, 1.54) is 22.3 Å². The Balaban J connectivity index is 1.73. The first kappa shape index (κ1) is 13.6. The first-order valence-electron chi connectivity index (χ1n) is 7.28. The molecule has 104 valence electrons. The van der Waals surface area contributed by atoms with Crippen LogP contribution in [0.4, 0.5) is 0 Å². The van der Waals surface area contributed by atoms with E-state index in [9.17, 15) is 0 Å². The van der Waals surface area contributed by atoms with Crippen molar-refractivity contribution in [3.8, 4) is 11.1 Å². The molecular weight excluding hydrogens is 254 g/mol. The highest BCUT2D eigenvalue weighted by atomic mass is 14.6. The van der Waals surface area contributed by atoms with Crippen LogP contribution in [0.5, 0.6) is 0 Å². The topological polar surface area (TPSA) is 26.0 Å². The first-order chi connectivity index (χ1) is 10.3. The van der Waals surface area contributed by atoms with Crippen LogP contribution in [0, 0.1) is 0 Å². The molecule has 2 N–H and O–H groups in total. The highest BCUT2D eigenvalue weighted by Gasteiger charge is 2.06. The monoisotopic (exact) mass is 273 g/mol. The number of hydrogen-bond acceptors (Lipinski definition) is 1. The summed E-state index contributed by atoms with van der Waals surface area (Å²) in [4.78, 5) is 0. The highest BCUT2D eigenvalue weighted by Crippen LogP contribution is 2.21. The van der Waals surface area contributed by atoms with Crippen molar-refractivity contribution in [3.05, 3.63) is 96.1 Å². The Labute approximate surface area is 126 Å². The molecule has 0 fully saturated rings. The third-order valence-electron chi connectivity index (χ3n) is 3.74. The molecule has 3 rings (SSSR count). The van der Waals surface area contributed by atoms with E-state index in [0.29, 0.717) is 0 Å². The molecule has 0 amide bonds. The fraction of sp³-hybridized carbons (Fsp3) is 0.100. The predicted octanol–water partition coefficient (Wildman–Crippen LogP) is 4.60. The Morgan fingerprint density at radius 2 is 1.14 bits per heavy atom. The van der Waals surface area contributed by atoms with Gasteiger partial charge in [0.05, 0.1) is 0 Å².